The van der Waals surface area contributed by atoms with Gasteiger partial charge in [-0.15, -0.1) is 0 Å². The molecule has 3 N–H and O–H groups in total. The number of nitrogens with two attached hydrogens (primary N) is 1. The van der Waals surface area contributed by atoms with Gasteiger partial charge in [0.15, 0.2) is 0 Å². The Kier molecular flexibility index (Phi) is 3.62. The summed E-state index contributed by atoms with van der Waals surface area (Å²) >= 11 is 0. The van der Waals surface area contributed by atoms with Gasteiger partial charge in [0.25, 0.3) is 0 Å². The van der Waals surface area contributed by atoms with Gasteiger partial charge in [-0.3, -0.25) is 10.8 Å². The van der Waals surface area contributed by atoms with Crippen LogP contribution in [0.15, 0.2) is 42.6 Å². The quantitative estimate of drug-likeness (QED) is 0.648. The summed E-state index contributed by atoms with van der Waals surface area (Å²) in [5, 5.41) is 0. The highest BCUT2D eigenvalue weighted by atomic mass is 19.1. The van der Waals surface area contributed by atoms with Gasteiger partial charge >= 0.3 is 0 Å². The van der Waals surface area contributed by atoms with Crippen LogP contribution in [-0.2, 0) is 0 Å². The third-order valence-electron chi connectivity index (χ3n) is 3.25. The van der Waals surface area contributed by atoms with Gasteiger partial charge in [-0.1, -0.05) is 12.1 Å². The molecule has 1 heterocycles. The van der Waals surface area contributed by atoms with E-state index in [9.17, 15) is 4.39 Å². The second-order valence-electron chi connectivity index (χ2n) is 4.89. The number of hydrogen-bond donors (Lipinski definition) is 2. The molecule has 5 heteroatoms. The summed E-state index contributed by atoms with van der Waals surface area (Å²) in [7, 11) is 0. The third-order valence-corrected chi connectivity index (χ3v) is 3.25. The molecule has 0 radical (unpaired) electrons. The Morgan fingerprint density at radius 1 is 1.20 bits per heavy atom. The Morgan fingerprint density at radius 3 is 2.50 bits per heavy atom. The molecule has 0 saturated heterocycles. The summed E-state index contributed by atoms with van der Waals surface area (Å²) in [6.07, 6.45) is 3.83. The maximum absolute atomic E-state index is 12.9. The number of pyridine rings is 1. The van der Waals surface area contributed by atoms with Crippen LogP contribution in [0.2, 0.25) is 0 Å². The zero-order chi connectivity index (χ0) is 13.9. The van der Waals surface area contributed by atoms with Crippen molar-refractivity contribution in [1.29, 1.82) is 0 Å². The fourth-order valence-corrected chi connectivity index (χ4v) is 2.03. The van der Waals surface area contributed by atoms with Crippen LogP contribution in [0.1, 0.15) is 30.1 Å². The van der Waals surface area contributed by atoms with Crippen molar-refractivity contribution in [1.82, 2.24) is 10.4 Å². The Balaban J connectivity index is 1.79. The molecule has 1 aromatic heterocycles. The van der Waals surface area contributed by atoms with Crippen LogP contribution in [0.4, 0.5) is 4.39 Å². The SMILES string of the molecule is NNC(c1ccc(OC2CC2)cc1)c1ccc(F)cn1. The molecule has 4 nitrogen and oxygen atoms in total. The Hall–Kier alpha value is -1.98. The number of rotatable bonds is 5. The molecule has 0 amide bonds. The number of benzene rings is 1. The minimum Gasteiger partial charge on any atom is -0.490 e. The zero-order valence-corrected chi connectivity index (χ0v) is 10.9. The Morgan fingerprint density at radius 2 is 1.95 bits per heavy atom. The van der Waals surface area contributed by atoms with Crippen LogP contribution in [0, 0.1) is 5.82 Å². The summed E-state index contributed by atoms with van der Waals surface area (Å²) in [4.78, 5) is 4.06. The van der Waals surface area contributed by atoms with E-state index in [1.165, 1.54) is 12.3 Å². The molecule has 1 fully saturated rings. The molecule has 2 aromatic rings. The molecule has 0 aliphatic heterocycles. The van der Waals surface area contributed by atoms with Crippen LogP contribution in [0.25, 0.3) is 0 Å². The predicted molar refractivity (Wildman–Crippen MR) is 73.5 cm³/mol. The van der Waals surface area contributed by atoms with Crippen molar-refractivity contribution in [3.63, 3.8) is 0 Å². The van der Waals surface area contributed by atoms with Crippen molar-refractivity contribution in [3.05, 3.63) is 59.7 Å². The molecular formula is C15H16FN3O. The fourth-order valence-electron chi connectivity index (χ4n) is 2.03. The van der Waals surface area contributed by atoms with Crippen molar-refractivity contribution in [2.45, 2.75) is 25.0 Å². The summed E-state index contributed by atoms with van der Waals surface area (Å²) in [6.45, 7) is 0. The van der Waals surface area contributed by atoms with Gasteiger partial charge in [0, 0.05) is 0 Å². The highest BCUT2D eigenvalue weighted by Gasteiger charge is 2.23. The minimum atomic E-state index is -0.363. The monoisotopic (exact) mass is 273 g/mol. The Bertz CT molecular complexity index is 567. The lowest BCUT2D eigenvalue weighted by Crippen LogP contribution is -2.29. The maximum Gasteiger partial charge on any atom is 0.141 e. The molecule has 1 saturated carbocycles. The number of nitrogens with zero attached hydrogens (tertiary/aromatic N) is 1. The highest BCUT2D eigenvalue weighted by molar-refractivity contribution is 5.33. The lowest BCUT2D eigenvalue weighted by atomic mass is 10.0. The summed E-state index contributed by atoms with van der Waals surface area (Å²) in [5.41, 5.74) is 4.33. The van der Waals surface area contributed by atoms with E-state index in [4.69, 9.17) is 10.6 Å². The summed E-state index contributed by atoms with van der Waals surface area (Å²) in [6, 6.07) is 10.4. The van der Waals surface area contributed by atoms with E-state index >= 15 is 0 Å². The van der Waals surface area contributed by atoms with Crippen molar-refractivity contribution < 1.29 is 9.13 Å². The lowest BCUT2D eigenvalue weighted by molar-refractivity contribution is 0.303. The van der Waals surface area contributed by atoms with E-state index in [0.29, 0.717) is 11.8 Å². The van der Waals surface area contributed by atoms with Crippen LogP contribution < -0.4 is 16.0 Å². The summed E-state index contributed by atoms with van der Waals surface area (Å²) < 4.78 is 18.6. The number of nitrogens with one attached hydrogen (secondary N) is 1. The molecule has 1 atom stereocenters. The molecule has 0 bridgehead atoms. The largest absolute Gasteiger partial charge is 0.490 e. The third kappa shape index (κ3) is 2.95. The number of ether oxygens (including phenoxy) is 1. The second kappa shape index (κ2) is 5.56. The molecule has 1 aromatic carbocycles. The van der Waals surface area contributed by atoms with Crippen molar-refractivity contribution in [2.75, 3.05) is 0 Å². The van der Waals surface area contributed by atoms with Gasteiger partial charge in [-0.25, -0.2) is 9.82 Å². The van der Waals surface area contributed by atoms with Gasteiger partial charge in [0.1, 0.15) is 11.6 Å². The van der Waals surface area contributed by atoms with E-state index in [0.717, 1.165) is 24.2 Å². The predicted octanol–water partition coefficient (Wildman–Crippen LogP) is 2.31. The molecule has 1 unspecified atom stereocenters. The van der Waals surface area contributed by atoms with Gasteiger partial charge in [0.2, 0.25) is 0 Å². The topological polar surface area (TPSA) is 60.2 Å². The van der Waals surface area contributed by atoms with E-state index in [1.54, 1.807) is 6.07 Å². The Labute approximate surface area is 116 Å². The highest BCUT2D eigenvalue weighted by Crippen LogP contribution is 2.28. The van der Waals surface area contributed by atoms with Crippen LogP contribution in [0.5, 0.6) is 5.75 Å². The first-order valence-corrected chi connectivity index (χ1v) is 6.60. The van der Waals surface area contributed by atoms with Crippen molar-refractivity contribution >= 4 is 0 Å². The molecule has 1 aliphatic carbocycles. The minimum absolute atomic E-state index is 0.273. The number of hydrazine groups is 1. The van der Waals surface area contributed by atoms with Crippen molar-refractivity contribution in [2.24, 2.45) is 5.84 Å². The van der Waals surface area contributed by atoms with Gasteiger partial charge in [-0.2, -0.15) is 0 Å². The summed E-state index contributed by atoms with van der Waals surface area (Å²) in [5.74, 6) is 6.09. The van der Waals surface area contributed by atoms with Crippen LogP contribution >= 0.6 is 0 Å². The first-order valence-electron chi connectivity index (χ1n) is 6.60. The first-order chi connectivity index (χ1) is 9.76. The molecule has 104 valence electrons. The molecule has 20 heavy (non-hydrogen) atoms. The molecule has 1 aliphatic rings. The van der Waals surface area contributed by atoms with Gasteiger partial charge < -0.3 is 4.74 Å². The van der Waals surface area contributed by atoms with E-state index in [1.807, 2.05) is 24.3 Å². The number of hydrogen-bond acceptors (Lipinski definition) is 4. The maximum atomic E-state index is 12.9. The van der Waals surface area contributed by atoms with E-state index in [2.05, 4.69) is 10.4 Å². The zero-order valence-electron chi connectivity index (χ0n) is 10.9. The lowest BCUT2D eigenvalue weighted by Gasteiger charge is -2.16. The standard InChI is InChI=1S/C15H16FN3O/c16-11-3-8-14(18-9-11)15(19-17)10-1-4-12(5-2-10)20-13-6-7-13/h1-5,8-9,13,15,19H,6-7,17H2. The van der Waals surface area contributed by atoms with E-state index in [-0.39, 0.29) is 11.9 Å². The van der Waals surface area contributed by atoms with E-state index < -0.39 is 0 Å². The first kappa shape index (κ1) is 13.0. The second-order valence-corrected chi connectivity index (χ2v) is 4.89. The van der Waals surface area contributed by atoms with Crippen LogP contribution in [-0.4, -0.2) is 11.1 Å². The molecular weight excluding hydrogens is 257 g/mol. The smallest absolute Gasteiger partial charge is 0.141 e. The average Bonchev–Trinajstić information content (AvgIpc) is 3.27. The fraction of sp³-hybridized carbons (Fsp3) is 0.267. The molecule has 3 rings (SSSR count). The molecule has 0 spiro atoms. The normalized spacial score (nSPS) is 15.9. The van der Waals surface area contributed by atoms with Gasteiger partial charge in [0.05, 0.1) is 24.0 Å². The number of aromatic nitrogens is 1. The average molecular weight is 273 g/mol. The number of halogens is 1. The van der Waals surface area contributed by atoms with Gasteiger partial charge in [-0.05, 0) is 42.7 Å². The van der Waals surface area contributed by atoms with Crippen LogP contribution in [0.3, 0.4) is 0 Å². The van der Waals surface area contributed by atoms with Crippen molar-refractivity contribution in [3.8, 4) is 5.75 Å².